The van der Waals surface area contributed by atoms with E-state index in [0.29, 0.717) is 61.2 Å². The molecule has 3 heterocycles. The molecule has 5 rings (SSSR count). The number of likely N-dealkylation sites (tertiary alicyclic amines) is 2. The second-order valence-corrected chi connectivity index (χ2v) is 11.4. The second-order valence-electron chi connectivity index (χ2n) is 11.4. The van der Waals surface area contributed by atoms with E-state index in [1.54, 1.807) is 18.5 Å². The van der Waals surface area contributed by atoms with Gasteiger partial charge >= 0.3 is 6.18 Å². The molecule has 2 aliphatic heterocycles. The summed E-state index contributed by atoms with van der Waals surface area (Å²) in [5, 5.41) is 0. The van der Waals surface area contributed by atoms with Crippen LogP contribution in [0.1, 0.15) is 62.6 Å². The number of nitrogens with zero attached hydrogens (tertiary/aromatic N) is 4. The van der Waals surface area contributed by atoms with Gasteiger partial charge in [0.05, 0.1) is 42.4 Å². The lowest BCUT2D eigenvalue weighted by molar-refractivity contribution is -0.256. The lowest BCUT2D eigenvalue weighted by Gasteiger charge is -2.47. The standard InChI is InChI=1S/C30H38F4N4O/c1-22(38-12-3-2-4-13-38)26-7-6-24(16-27(26)31)28-18-35-25(17-36-28)20-39-19-23-8-14-37(15-9-23)21-29(10-5-11-29)30(32,33)34/h6-7,16-18,23H,1-5,8-15,19-21H2. The summed E-state index contributed by atoms with van der Waals surface area (Å²) < 4.78 is 61.3. The van der Waals surface area contributed by atoms with Crippen LogP contribution in [0, 0.1) is 17.2 Å². The van der Waals surface area contributed by atoms with E-state index in [1.165, 1.54) is 12.5 Å². The molecule has 0 atom stereocenters. The van der Waals surface area contributed by atoms with Gasteiger partial charge < -0.3 is 14.5 Å². The van der Waals surface area contributed by atoms with E-state index in [-0.39, 0.29) is 25.2 Å². The number of hydrogen-bond donors (Lipinski definition) is 0. The van der Waals surface area contributed by atoms with Crippen molar-refractivity contribution in [3.8, 4) is 11.3 Å². The Morgan fingerprint density at radius 2 is 1.74 bits per heavy atom. The summed E-state index contributed by atoms with van der Waals surface area (Å²) in [4.78, 5) is 13.0. The van der Waals surface area contributed by atoms with Crippen LogP contribution in [0.4, 0.5) is 17.6 Å². The summed E-state index contributed by atoms with van der Waals surface area (Å²) in [6.45, 7) is 8.30. The molecule has 3 aliphatic rings. The molecule has 0 bridgehead atoms. The van der Waals surface area contributed by atoms with Crippen LogP contribution in [0.25, 0.3) is 17.0 Å². The molecule has 9 heteroatoms. The van der Waals surface area contributed by atoms with Gasteiger partial charge in [-0.1, -0.05) is 19.1 Å². The third kappa shape index (κ3) is 6.46. The normalized spacial score (nSPS) is 20.6. The number of alkyl halides is 3. The number of piperidine rings is 2. The molecule has 0 N–H and O–H groups in total. The van der Waals surface area contributed by atoms with Crippen LogP contribution in [0.2, 0.25) is 0 Å². The Morgan fingerprint density at radius 3 is 2.33 bits per heavy atom. The first-order valence-electron chi connectivity index (χ1n) is 14.2. The van der Waals surface area contributed by atoms with Gasteiger partial charge in [0.25, 0.3) is 0 Å². The molecule has 0 spiro atoms. The van der Waals surface area contributed by atoms with Crippen LogP contribution < -0.4 is 0 Å². The summed E-state index contributed by atoms with van der Waals surface area (Å²) in [5.74, 6) is 0.0162. The highest BCUT2D eigenvalue weighted by Crippen LogP contribution is 2.53. The molecule has 0 radical (unpaired) electrons. The number of ether oxygens (including phenoxy) is 1. The number of hydrogen-bond acceptors (Lipinski definition) is 5. The van der Waals surface area contributed by atoms with E-state index in [2.05, 4.69) is 21.4 Å². The van der Waals surface area contributed by atoms with Crippen molar-refractivity contribution in [2.45, 2.75) is 64.1 Å². The van der Waals surface area contributed by atoms with E-state index >= 15 is 0 Å². The predicted octanol–water partition coefficient (Wildman–Crippen LogP) is 6.70. The maximum atomic E-state index is 14.9. The molecular formula is C30H38F4N4O. The van der Waals surface area contributed by atoms with Gasteiger partial charge in [0.2, 0.25) is 0 Å². The van der Waals surface area contributed by atoms with Crippen molar-refractivity contribution in [3.63, 3.8) is 0 Å². The van der Waals surface area contributed by atoms with Crippen molar-refractivity contribution in [1.29, 1.82) is 0 Å². The maximum Gasteiger partial charge on any atom is 0.395 e. The zero-order valence-corrected chi connectivity index (χ0v) is 22.5. The molecule has 1 aromatic heterocycles. The third-order valence-corrected chi connectivity index (χ3v) is 8.77. The van der Waals surface area contributed by atoms with Crippen LogP contribution in [0.5, 0.6) is 0 Å². The van der Waals surface area contributed by atoms with Gasteiger partial charge in [-0.05, 0) is 76.1 Å². The van der Waals surface area contributed by atoms with Crippen LogP contribution >= 0.6 is 0 Å². The second kappa shape index (κ2) is 11.9. The number of rotatable bonds is 9. The molecule has 5 nitrogen and oxygen atoms in total. The molecule has 1 saturated carbocycles. The predicted molar refractivity (Wildman–Crippen MR) is 143 cm³/mol. The van der Waals surface area contributed by atoms with Crippen molar-refractivity contribution < 1.29 is 22.3 Å². The Bertz CT molecular complexity index is 1120. The van der Waals surface area contributed by atoms with Gasteiger partial charge in [-0.3, -0.25) is 9.97 Å². The van der Waals surface area contributed by atoms with E-state index in [9.17, 15) is 17.6 Å². The maximum absolute atomic E-state index is 14.9. The zero-order valence-electron chi connectivity index (χ0n) is 22.5. The minimum Gasteiger partial charge on any atom is -0.375 e. The molecular weight excluding hydrogens is 508 g/mol. The van der Waals surface area contributed by atoms with Gasteiger partial charge in [-0.2, -0.15) is 13.2 Å². The topological polar surface area (TPSA) is 41.5 Å². The summed E-state index contributed by atoms with van der Waals surface area (Å²) in [6.07, 6.45) is 5.45. The summed E-state index contributed by atoms with van der Waals surface area (Å²) in [6, 6.07) is 5.10. The zero-order chi connectivity index (χ0) is 27.5. The van der Waals surface area contributed by atoms with Crippen LogP contribution in [-0.4, -0.2) is 65.3 Å². The molecule has 2 aromatic rings. The van der Waals surface area contributed by atoms with Crippen molar-refractivity contribution in [1.82, 2.24) is 19.8 Å². The highest BCUT2D eigenvalue weighted by Gasteiger charge is 2.58. The lowest BCUT2D eigenvalue weighted by atomic mass is 9.67. The number of benzene rings is 1. The summed E-state index contributed by atoms with van der Waals surface area (Å²) in [7, 11) is 0. The van der Waals surface area contributed by atoms with E-state index in [0.717, 1.165) is 44.5 Å². The van der Waals surface area contributed by atoms with E-state index in [1.807, 2.05) is 11.0 Å². The van der Waals surface area contributed by atoms with E-state index < -0.39 is 11.6 Å². The first kappa shape index (κ1) is 28.0. The molecule has 2 saturated heterocycles. The Balaban J connectivity index is 1.07. The van der Waals surface area contributed by atoms with E-state index in [4.69, 9.17) is 4.74 Å². The highest BCUT2D eigenvalue weighted by atomic mass is 19.4. The quantitative estimate of drug-likeness (QED) is 0.328. The first-order valence-corrected chi connectivity index (χ1v) is 14.2. The lowest BCUT2D eigenvalue weighted by Crippen LogP contribution is -2.53. The highest BCUT2D eigenvalue weighted by molar-refractivity contribution is 5.67. The Hall–Kier alpha value is -2.52. The van der Waals surface area contributed by atoms with Gasteiger partial charge in [0.15, 0.2) is 0 Å². The van der Waals surface area contributed by atoms with Crippen LogP contribution in [-0.2, 0) is 11.3 Å². The van der Waals surface area contributed by atoms with Crippen molar-refractivity contribution in [2.24, 2.45) is 11.3 Å². The smallest absolute Gasteiger partial charge is 0.375 e. The fourth-order valence-electron chi connectivity index (χ4n) is 6.03. The summed E-state index contributed by atoms with van der Waals surface area (Å²) in [5.41, 5.74) is 1.69. The van der Waals surface area contributed by atoms with Gasteiger partial charge in [-0.25, -0.2) is 4.39 Å². The van der Waals surface area contributed by atoms with Crippen molar-refractivity contribution >= 4 is 5.70 Å². The Kier molecular flexibility index (Phi) is 8.57. The van der Waals surface area contributed by atoms with Crippen LogP contribution in [0.15, 0.2) is 37.2 Å². The average molecular weight is 547 g/mol. The fourth-order valence-corrected chi connectivity index (χ4v) is 6.03. The van der Waals surface area contributed by atoms with Gasteiger partial charge in [0.1, 0.15) is 5.82 Å². The molecule has 0 unspecified atom stereocenters. The number of halogens is 4. The largest absolute Gasteiger partial charge is 0.395 e. The summed E-state index contributed by atoms with van der Waals surface area (Å²) >= 11 is 0. The molecule has 1 aromatic carbocycles. The Labute approximate surface area is 228 Å². The average Bonchev–Trinajstić information content (AvgIpc) is 2.91. The SMILES string of the molecule is C=C(c1ccc(-c2cnc(COCC3CCN(CC4(C(F)(F)F)CCC4)CC3)cn2)cc1F)N1CCCCC1. The fraction of sp³-hybridized carbons (Fsp3) is 0.600. The molecule has 212 valence electrons. The van der Waals surface area contributed by atoms with Crippen LogP contribution in [0.3, 0.4) is 0 Å². The molecule has 1 aliphatic carbocycles. The van der Waals surface area contributed by atoms with Gasteiger partial charge in [-0.15, -0.1) is 0 Å². The number of aromatic nitrogens is 2. The molecule has 3 fully saturated rings. The molecule has 0 amide bonds. The minimum atomic E-state index is -4.11. The third-order valence-electron chi connectivity index (χ3n) is 8.77. The van der Waals surface area contributed by atoms with Crippen molar-refractivity contribution in [3.05, 3.63) is 54.2 Å². The van der Waals surface area contributed by atoms with Gasteiger partial charge in [0, 0.05) is 36.5 Å². The van der Waals surface area contributed by atoms with Crippen molar-refractivity contribution in [2.75, 3.05) is 39.3 Å². The molecule has 39 heavy (non-hydrogen) atoms. The first-order chi connectivity index (χ1) is 18.7. The minimum absolute atomic E-state index is 0.131. The Morgan fingerprint density at radius 1 is 1.00 bits per heavy atom. The monoisotopic (exact) mass is 546 g/mol.